The summed E-state index contributed by atoms with van der Waals surface area (Å²) < 4.78 is 1.84. The Morgan fingerprint density at radius 2 is 2.00 bits per heavy atom. The molecule has 0 saturated carbocycles. The molecule has 24 heavy (non-hydrogen) atoms. The van der Waals surface area contributed by atoms with Crippen molar-refractivity contribution in [3.05, 3.63) is 64.4 Å². The van der Waals surface area contributed by atoms with Gasteiger partial charge in [-0.1, -0.05) is 12.1 Å². The monoisotopic (exact) mass is 340 g/mol. The Bertz CT molecular complexity index is 789. The van der Waals surface area contributed by atoms with Gasteiger partial charge in [0.05, 0.1) is 12.2 Å². The van der Waals surface area contributed by atoms with Crippen LogP contribution in [0.25, 0.3) is 5.69 Å². The second-order valence-electron chi connectivity index (χ2n) is 5.26. The molecule has 6 nitrogen and oxygen atoms in total. The van der Waals surface area contributed by atoms with E-state index >= 15 is 0 Å². The van der Waals surface area contributed by atoms with E-state index in [9.17, 15) is 0 Å². The van der Waals surface area contributed by atoms with E-state index in [1.54, 1.807) is 24.6 Å². The number of guanidine groups is 1. The lowest BCUT2D eigenvalue weighted by molar-refractivity contribution is 0.804. The van der Waals surface area contributed by atoms with E-state index in [-0.39, 0.29) is 0 Å². The molecule has 0 spiro atoms. The van der Waals surface area contributed by atoms with Crippen LogP contribution in [-0.2, 0) is 13.1 Å². The van der Waals surface area contributed by atoms with Crippen LogP contribution in [0.1, 0.15) is 15.4 Å². The fourth-order valence-electron chi connectivity index (χ4n) is 2.24. The van der Waals surface area contributed by atoms with E-state index in [1.807, 2.05) is 23.1 Å². The zero-order chi connectivity index (χ0) is 16.8. The van der Waals surface area contributed by atoms with Crippen molar-refractivity contribution in [1.82, 2.24) is 25.4 Å². The number of nitrogens with zero attached hydrogens (tertiary/aromatic N) is 4. The summed E-state index contributed by atoms with van der Waals surface area (Å²) in [6, 6.07) is 10.2. The predicted molar refractivity (Wildman–Crippen MR) is 97.5 cm³/mol. The van der Waals surface area contributed by atoms with Gasteiger partial charge in [-0.3, -0.25) is 4.99 Å². The number of benzene rings is 1. The van der Waals surface area contributed by atoms with Gasteiger partial charge in [0.1, 0.15) is 5.01 Å². The third kappa shape index (κ3) is 4.20. The molecule has 7 heteroatoms. The van der Waals surface area contributed by atoms with Gasteiger partial charge in [0.2, 0.25) is 0 Å². The van der Waals surface area contributed by atoms with E-state index in [4.69, 9.17) is 0 Å². The number of nitrogens with one attached hydrogen (secondary N) is 2. The van der Waals surface area contributed by atoms with Crippen molar-refractivity contribution in [2.24, 2.45) is 4.99 Å². The van der Waals surface area contributed by atoms with E-state index in [0.717, 1.165) is 16.7 Å². The third-order valence-corrected chi connectivity index (χ3v) is 4.38. The first kappa shape index (κ1) is 16.2. The highest BCUT2D eigenvalue weighted by molar-refractivity contribution is 7.11. The number of hydrogen-bond donors (Lipinski definition) is 2. The maximum atomic E-state index is 4.34. The first-order valence-corrected chi connectivity index (χ1v) is 8.51. The van der Waals surface area contributed by atoms with Crippen LogP contribution in [0.15, 0.2) is 53.9 Å². The average Bonchev–Trinajstić information content (AvgIpc) is 3.27. The van der Waals surface area contributed by atoms with Gasteiger partial charge in [0, 0.05) is 37.1 Å². The lowest BCUT2D eigenvalue weighted by atomic mass is 10.2. The molecule has 124 valence electrons. The molecule has 0 radical (unpaired) electrons. The predicted octanol–water partition coefficient (Wildman–Crippen LogP) is 2.50. The van der Waals surface area contributed by atoms with Crippen LogP contribution < -0.4 is 10.6 Å². The fraction of sp³-hybridized carbons (Fsp3) is 0.235. The summed E-state index contributed by atoms with van der Waals surface area (Å²) >= 11 is 1.69. The smallest absolute Gasteiger partial charge is 0.191 e. The van der Waals surface area contributed by atoms with Gasteiger partial charge in [0.15, 0.2) is 5.96 Å². The normalized spacial score (nSPS) is 11.5. The molecule has 1 aromatic carbocycles. The lowest BCUT2D eigenvalue weighted by Gasteiger charge is -2.11. The summed E-state index contributed by atoms with van der Waals surface area (Å²) in [4.78, 5) is 9.79. The number of rotatable bonds is 5. The van der Waals surface area contributed by atoms with Crippen LogP contribution in [0.3, 0.4) is 0 Å². The van der Waals surface area contributed by atoms with Crippen molar-refractivity contribution in [2.75, 3.05) is 7.05 Å². The number of hydrogen-bond acceptors (Lipinski definition) is 4. The van der Waals surface area contributed by atoms with E-state index in [0.29, 0.717) is 13.1 Å². The molecule has 2 N–H and O–H groups in total. The van der Waals surface area contributed by atoms with Crippen LogP contribution in [0.4, 0.5) is 0 Å². The Morgan fingerprint density at radius 3 is 2.62 bits per heavy atom. The highest BCUT2D eigenvalue weighted by Crippen LogP contribution is 2.10. The Kier molecular flexibility index (Phi) is 5.22. The minimum absolute atomic E-state index is 0.677. The number of aliphatic imine (C=N–C) groups is 1. The molecule has 0 aliphatic heterocycles. The average molecular weight is 340 g/mol. The molecule has 0 fully saturated rings. The van der Waals surface area contributed by atoms with Crippen molar-refractivity contribution in [2.45, 2.75) is 20.0 Å². The van der Waals surface area contributed by atoms with Gasteiger partial charge in [-0.2, -0.15) is 5.10 Å². The van der Waals surface area contributed by atoms with Crippen molar-refractivity contribution in [3.8, 4) is 5.69 Å². The van der Waals surface area contributed by atoms with Gasteiger partial charge >= 0.3 is 0 Å². The standard InChI is InChI=1S/C17H20N6S/c1-13-10-19-16(24-13)12-21-17(18-2)20-11-14-4-6-15(7-5-14)23-9-3-8-22-23/h3-10H,11-12H2,1-2H3,(H2,18,20,21). The van der Waals surface area contributed by atoms with Crippen molar-refractivity contribution in [1.29, 1.82) is 0 Å². The summed E-state index contributed by atoms with van der Waals surface area (Å²) in [5, 5.41) is 11.9. The Balaban J connectivity index is 1.52. The van der Waals surface area contributed by atoms with Gasteiger partial charge < -0.3 is 10.6 Å². The molecule has 0 saturated heterocycles. The first-order chi connectivity index (χ1) is 11.7. The van der Waals surface area contributed by atoms with Crippen LogP contribution in [-0.4, -0.2) is 27.8 Å². The van der Waals surface area contributed by atoms with Crippen molar-refractivity contribution in [3.63, 3.8) is 0 Å². The van der Waals surface area contributed by atoms with Crippen LogP contribution in [0.2, 0.25) is 0 Å². The Morgan fingerprint density at radius 1 is 1.21 bits per heavy atom. The summed E-state index contributed by atoms with van der Waals surface area (Å²) in [7, 11) is 1.77. The molecule has 0 aliphatic carbocycles. The number of aromatic nitrogens is 3. The zero-order valence-electron chi connectivity index (χ0n) is 13.7. The maximum absolute atomic E-state index is 4.34. The topological polar surface area (TPSA) is 67.1 Å². The fourth-order valence-corrected chi connectivity index (χ4v) is 2.96. The highest BCUT2D eigenvalue weighted by atomic mass is 32.1. The molecule has 0 bridgehead atoms. The molecule has 0 unspecified atom stereocenters. The molecular formula is C17H20N6S. The van der Waals surface area contributed by atoms with Gasteiger partial charge in [-0.05, 0) is 30.7 Å². The zero-order valence-corrected chi connectivity index (χ0v) is 14.5. The quantitative estimate of drug-likeness (QED) is 0.553. The lowest BCUT2D eigenvalue weighted by Crippen LogP contribution is -2.36. The molecule has 0 aliphatic rings. The highest BCUT2D eigenvalue weighted by Gasteiger charge is 2.02. The molecule has 2 heterocycles. The largest absolute Gasteiger partial charge is 0.352 e. The second-order valence-corrected chi connectivity index (χ2v) is 6.58. The summed E-state index contributed by atoms with van der Waals surface area (Å²) in [5.41, 5.74) is 2.23. The second kappa shape index (κ2) is 7.74. The van der Waals surface area contributed by atoms with Gasteiger partial charge in [-0.15, -0.1) is 11.3 Å². The third-order valence-electron chi connectivity index (χ3n) is 3.47. The Hall–Kier alpha value is -2.67. The molecule has 2 aromatic heterocycles. The number of thiazole rings is 1. The molecule has 3 aromatic rings. The van der Waals surface area contributed by atoms with E-state index in [2.05, 4.69) is 56.9 Å². The summed E-state index contributed by atoms with van der Waals surface area (Å²) in [6.07, 6.45) is 5.59. The van der Waals surface area contributed by atoms with Crippen molar-refractivity contribution < 1.29 is 0 Å². The molecule has 0 amide bonds. The van der Waals surface area contributed by atoms with Gasteiger partial charge in [-0.25, -0.2) is 9.67 Å². The molecule has 3 rings (SSSR count). The van der Waals surface area contributed by atoms with Crippen molar-refractivity contribution >= 4 is 17.3 Å². The van der Waals surface area contributed by atoms with Crippen LogP contribution >= 0.6 is 11.3 Å². The Labute approximate surface area is 145 Å². The summed E-state index contributed by atoms with van der Waals surface area (Å²) in [5.74, 6) is 0.763. The van der Waals surface area contributed by atoms with Crippen LogP contribution in [0.5, 0.6) is 0 Å². The van der Waals surface area contributed by atoms with Gasteiger partial charge in [0.25, 0.3) is 0 Å². The molecule has 0 atom stereocenters. The maximum Gasteiger partial charge on any atom is 0.191 e. The number of aryl methyl sites for hydroxylation is 1. The first-order valence-electron chi connectivity index (χ1n) is 7.69. The minimum atomic E-state index is 0.677. The van der Waals surface area contributed by atoms with E-state index in [1.165, 1.54) is 10.4 Å². The molecular weight excluding hydrogens is 320 g/mol. The minimum Gasteiger partial charge on any atom is -0.352 e. The summed E-state index contributed by atoms with van der Waals surface area (Å²) in [6.45, 7) is 3.44. The van der Waals surface area contributed by atoms with E-state index < -0.39 is 0 Å². The van der Waals surface area contributed by atoms with Crippen LogP contribution in [0, 0.1) is 6.92 Å². The SMILES string of the molecule is CN=C(NCc1ccc(-n2cccn2)cc1)NCc1ncc(C)s1.